The quantitative estimate of drug-likeness (QED) is 0.888. The van der Waals surface area contributed by atoms with E-state index in [1.807, 2.05) is 12.1 Å². The normalized spacial score (nSPS) is 15.9. The van der Waals surface area contributed by atoms with Crippen molar-refractivity contribution in [2.24, 2.45) is 0 Å². The van der Waals surface area contributed by atoms with Gasteiger partial charge in [-0.05, 0) is 29.7 Å². The minimum atomic E-state index is -0.767. The fraction of sp³-hybridized carbons (Fsp3) is 0.357. The number of carbonyl (C=O) groups is 1. The van der Waals surface area contributed by atoms with Gasteiger partial charge < -0.3 is 5.11 Å². The number of rotatable bonds is 5. The molecule has 4 nitrogen and oxygen atoms in total. The van der Waals surface area contributed by atoms with Gasteiger partial charge in [-0.2, -0.15) is 0 Å². The zero-order valence-corrected chi connectivity index (χ0v) is 10.5. The molecule has 5 heteroatoms. The minimum Gasteiger partial charge on any atom is -0.481 e. The molecule has 0 atom stereocenters. The number of nitrogens with zero attached hydrogens (tertiary/aromatic N) is 1. The van der Waals surface area contributed by atoms with Crippen LogP contribution in [-0.4, -0.2) is 35.6 Å². The van der Waals surface area contributed by atoms with Crippen molar-refractivity contribution in [3.63, 3.8) is 0 Å². The van der Waals surface area contributed by atoms with Gasteiger partial charge in [0.15, 0.2) is 5.75 Å². The predicted molar refractivity (Wildman–Crippen MR) is 69.5 cm³/mol. The second kappa shape index (κ2) is 6.33. The summed E-state index contributed by atoms with van der Waals surface area (Å²) >= 11 is 0. The number of carboxylic acids is 1. The monoisotopic (exact) mass is 265 g/mol. The van der Waals surface area contributed by atoms with Crippen LogP contribution in [0.2, 0.25) is 0 Å². The molecule has 1 aromatic rings. The Hall–Kier alpha value is -1.88. The van der Waals surface area contributed by atoms with Gasteiger partial charge in [-0.25, -0.2) is 0 Å². The van der Waals surface area contributed by atoms with Gasteiger partial charge in [0, 0.05) is 24.2 Å². The Morgan fingerprint density at radius 2 is 2.11 bits per heavy atom. The average Bonchev–Trinajstić information content (AvgIpc) is 2.46. The highest BCUT2D eigenvalue weighted by Gasteiger charge is 2.13. The van der Waals surface area contributed by atoms with Gasteiger partial charge in [-0.1, -0.05) is 18.2 Å². The first kappa shape index (κ1) is 13.5. The molecule has 0 bridgehead atoms. The van der Waals surface area contributed by atoms with Crippen LogP contribution in [0.1, 0.15) is 18.4 Å². The second-order valence-corrected chi connectivity index (χ2v) is 4.53. The summed E-state index contributed by atoms with van der Waals surface area (Å²) in [6, 6.07) is 6.83. The SMILES string of the molecule is O=C(O)CCN1CC=C(c2ccc(OF)cc2)CC1. The van der Waals surface area contributed by atoms with Crippen LogP contribution in [0.25, 0.3) is 5.57 Å². The average molecular weight is 265 g/mol. The zero-order valence-electron chi connectivity index (χ0n) is 10.5. The Labute approximate surface area is 111 Å². The van der Waals surface area contributed by atoms with E-state index < -0.39 is 5.97 Å². The van der Waals surface area contributed by atoms with E-state index >= 15 is 0 Å². The topological polar surface area (TPSA) is 49.8 Å². The molecule has 0 unspecified atom stereocenters. The van der Waals surface area contributed by atoms with E-state index in [9.17, 15) is 9.32 Å². The lowest BCUT2D eigenvalue weighted by molar-refractivity contribution is -0.137. The molecule has 102 valence electrons. The Morgan fingerprint density at radius 3 is 2.63 bits per heavy atom. The fourth-order valence-corrected chi connectivity index (χ4v) is 2.15. The van der Waals surface area contributed by atoms with E-state index in [0.29, 0.717) is 6.54 Å². The molecule has 0 saturated heterocycles. The van der Waals surface area contributed by atoms with Crippen LogP contribution in [0.4, 0.5) is 4.53 Å². The maximum Gasteiger partial charge on any atom is 0.304 e. The second-order valence-electron chi connectivity index (χ2n) is 4.53. The summed E-state index contributed by atoms with van der Waals surface area (Å²) in [6.45, 7) is 2.18. The summed E-state index contributed by atoms with van der Waals surface area (Å²) in [5.74, 6) is -0.570. The van der Waals surface area contributed by atoms with Crippen molar-refractivity contribution in [3.8, 4) is 5.75 Å². The highest BCUT2D eigenvalue weighted by atomic mass is 19.3. The van der Waals surface area contributed by atoms with E-state index in [2.05, 4.69) is 15.9 Å². The number of halogens is 1. The number of hydrogen-bond donors (Lipinski definition) is 1. The molecule has 19 heavy (non-hydrogen) atoms. The van der Waals surface area contributed by atoms with E-state index in [-0.39, 0.29) is 12.2 Å². The van der Waals surface area contributed by atoms with Crippen LogP contribution in [0.5, 0.6) is 5.75 Å². The van der Waals surface area contributed by atoms with Crippen molar-refractivity contribution in [3.05, 3.63) is 35.9 Å². The van der Waals surface area contributed by atoms with Crippen LogP contribution in [0.15, 0.2) is 30.3 Å². The molecule has 1 heterocycles. The molecule has 0 spiro atoms. The fourth-order valence-electron chi connectivity index (χ4n) is 2.15. The highest BCUT2D eigenvalue weighted by Crippen LogP contribution is 2.24. The van der Waals surface area contributed by atoms with Crippen molar-refractivity contribution in [2.45, 2.75) is 12.8 Å². The summed E-state index contributed by atoms with van der Waals surface area (Å²) in [6.07, 6.45) is 3.14. The molecular weight excluding hydrogens is 249 g/mol. The van der Waals surface area contributed by atoms with Gasteiger partial charge >= 0.3 is 5.97 Å². The molecule has 0 aliphatic carbocycles. The molecule has 0 fully saturated rings. The predicted octanol–water partition coefficient (Wildman–Crippen LogP) is 2.51. The Morgan fingerprint density at radius 1 is 1.37 bits per heavy atom. The minimum absolute atomic E-state index is 0.172. The summed E-state index contributed by atoms with van der Waals surface area (Å²) in [4.78, 5) is 16.3. The van der Waals surface area contributed by atoms with Crippen LogP contribution in [-0.2, 0) is 4.79 Å². The summed E-state index contributed by atoms with van der Waals surface area (Å²) in [5.41, 5.74) is 2.26. The first-order valence-corrected chi connectivity index (χ1v) is 6.21. The van der Waals surface area contributed by atoms with Crippen molar-refractivity contribution in [2.75, 3.05) is 19.6 Å². The lowest BCUT2D eigenvalue weighted by atomic mass is 9.99. The molecule has 1 aromatic carbocycles. The lowest BCUT2D eigenvalue weighted by Gasteiger charge is -2.25. The molecule has 0 radical (unpaired) electrons. The number of carboxylic acid groups (broad SMARTS) is 1. The standard InChI is InChI=1S/C14H16FNO3/c15-19-13-3-1-11(2-4-13)12-5-8-16(9-6-12)10-7-14(17)18/h1-5H,6-10H2,(H,17,18). The summed E-state index contributed by atoms with van der Waals surface area (Å²) < 4.78 is 11.9. The van der Waals surface area contributed by atoms with Gasteiger partial charge in [0.05, 0.1) is 6.42 Å². The molecule has 2 rings (SSSR count). The first-order valence-electron chi connectivity index (χ1n) is 6.21. The van der Waals surface area contributed by atoms with Crippen LogP contribution >= 0.6 is 0 Å². The van der Waals surface area contributed by atoms with E-state index in [4.69, 9.17) is 5.11 Å². The van der Waals surface area contributed by atoms with Crippen molar-refractivity contribution in [1.29, 1.82) is 0 Å². The van der Waals surface area contributed by atoms with Gasteiger partial charge in [0.25, 0.3) is 0 Å². The maximum atomic E-state index is 11.9. The van der Waals surface area contributed by atoms with Gasteiger partial charge in [-0.3, -0.25) is 14.6 Å². The van der Waals surface area contributed by atoms with Crippen LogP contribution < -0.4 is 4.94 Å². The third kappa shape index (κ3) is 3.79. The molecule has 1 aliphatic heterocycles. The largest absolute Gasteiger partial charge is 0.481 e. The number of hydrogen-bond acceptors (Lipinski definition) is 3. The highest BCUT2D eigenvalue weighted by molar-refractivity contribution is 5.68. The van der Waals surface area contributed by atoms with Crippen LogP contribution in [0.3, 0.4) is 0 Å². The van der Waals surface area contributed by atoms with E-state index in [1.54, 1.807) is 12.1 Å². The first-order chi connectivity index (χ1) is 9.19. The number of benzene rings is 1. The van der Waals surface area contributed by atoms with Crippen LogP contribution in [0, 0.1) is 0 Å². The molecule has 1 aliphatic rings. The van der Waals surface area contributed by atoms with Crippen molar-refractivity contribution in [1.82, 2.24) is 4.90 Å². The summed E-state index contributed by atoms with van der Waals surface area (Å²) in [7, 11) is 0. The molecule has 0 aromatic heterocycles. The van der Waals surface area contributed by atoms with Gasteiger partial charge in [-0.15, -0.1) is 0 Å². The van der Waals surface area contributed by atoms with Gasteiger partial charge in [0.2, 0.25) is 0 Å². The third-order valence-electron chi connectivity index (χ3n) is 3.25. The maximum absolute atomic E-state index is 11.9. The zero-order chi connectivity index (χ0) is 13.7. The molecule has 1 N–H and O–H groups in total. The number of aliphatic carboxylic acids is 1. The van der Waals surface area contributed by atoms with Crippen molar-refractivity contribution >= 4 is 11.5 Å². The van der Waals surface area contributed by atoms with Crippen molar-refractivity contribution < 1.29 is 19.4 Å². The smallest absolute Gasteiger partial charge is 0.304 e. The van der Waals surface area contributed by atoms with E-state index in [0.717, 1.165) is 25.1 Å². The molecular formula is C14H16FNO3. The van der Waals surface area contributed by atoms with E-state index in [1.165, 1.54) is 5.57 Å². The Bertz CT molecular complexity index is 470. The summed E-state index contributed by atoms with van der Waals surface area (Å²) in [5, 5.41) is 8.64. The molecule has 0 amide bonds. The molecule has 0 saturated carbocycles. The van der Waals surface area contributed by atoms with Gasteiger partial charge in [0.1, 0.15) is 0 Å². The third-order valence-corrected chi connectivity index (χ3v) is 3.25. The Kier molecular flexibility index (Phi) is 4.52. The Balaban J connectivity index is 1.94. The lowest BCUT2D eigenvalue weighted by Crippen LogP contribution is -2.30.